The minimum absolute atomic E-state index is 0.244. The van der Waals surface area contributed by atoms with E-state index in [1.54, 1.807) is 43.8 Å². The van der Waals surface area contributed by atoms with Gasteiger partial charge in [-0.05, 0) is 36.4 Å². The maximum atomic E-state index is 10.9. The fraction of sp³-hybridized carbons (Fsp3) is 0.0556. The van der Waals surface area contributed by atoms with Gasteiger partial charge in [0.1, 0.15) is 5.75 Å². The zero-order valence-corrected chi connectivity index (χ0v) is 12.4. The number of benzene rings is 2. The number of carbonyl (C=O) groups is 1. The monoisotopic (exact) mass is 306 g/mol. The smallest absolute Gasteiger partial charge is 0.335 e. The predicted molar refractivity (Wildman–Crippen MR) is 86.4 cm³/mol. The summed E-state index contributed by atoms with van der Waals surface area (Å²) in [5, 5.41) is 8.94. The third-order valence-electron chi connectivity index (χ3n) is 3.45. The molecule has 0 aliphatic carbocycles. The first-order valence-electron chi connectivity index (χ1n) is 6.97. The second kappa shape index (κ2) is 6.27. The highest BCUT2D eigenvalue weighted by Gasteiger charge is 2.07. The van der Waals surface area contributed by atoms with Crippen molar-refractivity contribution in [2.24, 2.45) is 0 Å². The Labute approximate surface area is 133 Å². The SMILES string of the molecule is COc1ccc(-c2cncc(-c3ccc(C(=O)O)cc3)n2)cc1. The lowest BCUT2D eigenvalue weighted by atomic mass is 10.1. The lowest BCUT2D eigenvalue weighted by Gasteiger charge is -2.06. The third-order valence-corrected chi connectivity index (χ3v) is 3.45. The van der Waals surface area contributed by atoms with Crippen LogP contribution < -0.4 is 4.74 Å². The standard InChI is InChI=1S/C18H14N2O3/c1-23-15-8-6-13(7-9-15)17-11-19-10-16(20-17)12-2-4-14(5-3-12)18(21)22/h2-11H,1H3,(H,21,22). The van der Waals surface area contributed by atoms with Crippen LogP contribution in [-0.4, -0.2) is 28.2 Å². The number of hydrogen-bond acceptors (Lipinski definition) is 4. The van der Waals surface area contributed by atoms with E-state index in [9.17, 15) is 4.79 Å². The van der Waals surface area contributed by atoms with Crippen LogP contribution in [0.1, 0.15) is 10.4 Å². The van der Waals surface area contributed by atoms with E-state index in [2.05, 4.69) is 9.97 Å². The molecule has 0 aliphatic heterocycles. The van der Waals surface area contributed by atoms with E-state index >= 15 is 0 Å². The molecule has 0 spiro atoms. The molecule has 114 valence electrons. The molecule has 3 aromatic rings. The van der Waals surface area contributed by atoms with E-state index in [1.807, 2.05) is 24.3 Å². The van der Waals surface area contributed by atoms with Crippen LogP contribution in [0.15, 0.2) is 60.9 Å². The molecule has 1 N–H and O–H groups in total. The molecule has 0 atom stereocenters. The number of aromatic nitrogens is 2. The van der Waals surface area contributed by atoms with E-state index in [-0.39, 0.29) is 5.56 Å². The van der Waals surface area contributed by atoms with Crippen LogP contribution in [0.3, 0.4) is 0 Å². The van der Waals surface area contributed by atoms with Crippen molar-refractivity contribution in [3.8, 4) is 28.3 Å². The molecule has 2 aromatic carbocycles. The van der Waals surface area contributed by atoms with Gasteiger partial charge in [0.25, 0.3) is 0 Å². The first kappa shape index (κ1) is 14.7. The molecular weight excluding hydrogens is 292 g/mol. The molecule has 0 bridgehead atoms. The van der Waals surface area contributed by atoms with Crippen LogP contribution in [-0.2, 0) is 0 Å². The second-order valence-electron chi connectivity index (χ2n) is 4.90. The van der Waals surface area contributed by atoms with Crippen molar-refractivity contribution in [2.75, 3.05) is 7.11 Å². The summed E-state index contributed by atoms with van der Waals surface area (Å²) in [6.45, 7) is 0. The molecular formula is C18H14N2O3. The molecule has 0 fully saturated rings. The summed E-state index contributed by atoms with van der Waals surface area (Å²) in [4.78, 5) is 19.7. The van der Waals surface area contributed by atoms with Gasteiger partial charge in [0.2, 0.25) is 0 Å². The molecule has 5 heteroatoms. The number of ether oxygens (including phenoxy) is 1. The van der Waals surface area contributed by atoms with Crippen LogP contribution in [0.5, 0.6) is 5.75 Å². The van der Waals surface area contributed by atoms with Crippen molar-refractivity contribution in [1.82, 2.24) is 9.97 Å². The normalized spacial score (nSPS) is 10.3. The maximum Gasteiger partial charge on any atom is 0.335 e. The second-order valence-corrected chi connectivity index (χ2v) is 4.90. The summed E-state index contributed by atoms with van der Waals surface area (Å²) >= 11 is 0. The largest absolute Gasteiger partial charge is 0.497 e. The molecule has 0 radical (unpaired) electrons. The minimum atomic E-state index is -0.949. The average Bonchev–Trinajstić information content (AvgIpc) is 2.62. The zero-order chi connectivity index (χ0) is 16.2. The van der Waals surface area contributed by atoms with Crippen molar-refractivity contribution < 1.29 is 14.6 Å². The summed E-state index contributed by atoms with van der Waals surface area (Å²) in [5.41, 5.74) is 3.43. The van der Waals surface area contributed by atoms with Gasteiger partial charge in [-0.1, -0.05) is 12.1 Å². The topological polar surface area (TPSA) is 72.3 Å². The van der Waals surface area contributed by atoms with E-state index < -0.39 is 5.97 Å². The summed E-state index contributed by atoms with van der Waals surface area (Å²) < 4.78 is 5.14. The maximum absolute atomic E-state index is 10.9. The van der Waals surface area contributed by atoms with Crippen LogP contribution in [0, 0.1) is 0 Å². The molecule has 0 saturated carbocycles. The van der Waals surface area contributed by atoms with E-state index in [1.165, 1.54) is 0 Å². The fourth-order valence-electron chi connectivity index (χ4n) is 2.19. The van der Waals surface area contributed by atoms with Crippen molar-refractivity contribution in [3.63, 3.8) is 0 Å². The Balaban J connectivity index is 1.93. The van der Waals surface area contributed by atoms with Crippen LogP contribution >= 0.6 is 0 Å². The summed E-state index contributed by atoms with van der Waals surface area (Å²) in [6, 6.07) is 14.1. The van der Waals surface area contributed by atoms with E-state index in [0.29, 0.717) is 5.69 Å². The summed E-state index contributed by atoms with van der Waals surface area (Å²) in [7, 11) is 1.62. The van der Waals surface area contributed by atoms with Gasteiger partial charge in [-0.2, -0.15) is 0 Å². The zero-order valence-electron chi connectivity index (χ0n) is 12.4. The Bertz CT molecular complexity index is 828. The fourth-order valence-corrected chi connectivity index (χ4v) is 2.19. The Kier molecular flexibility index (Phi) is 4.01. The third kappa shape index (κ3) is 3.18. The van der Waals surface area contributed by atoms with Gasteiger partial charge in [-0.15, -0.1) is 0 Å². The number of hydrogen-bond donors (Lipinski definition) is 1. The number of methoxy groups -OCH3 is 1. The van der Waals surface area contributed by atoms with Gasteiger partial charge in [-0.25, -0.2) is 9.78 Å². The number of nitrogens with zero attached hydrogens (tertiary/aromatic N) is 2. The van der Waals surface area contributed by atoms with Gasteiger partial charge in [0.15, 0.2) is 0 Å². The Morgan fingerprint density at radius 2 is 1.43 bits per heavy atom. The van der Waals surface area contributed by atoms with Gasteiger partial charge in [0.05, 0.1) is 36.5 Å². The Hall–Kier alpha value is -3.21. The molecule has 3 rings (SSSR count). The highest BCUT2D eigenvalue weighted by molar-refractivity contribution is 5.88. The van der Waals surface area contributed by atoms with Crippen LogP contribution in [0.2, 0.25) is 0 Å². The number of carboxylic acids is 1. The minimum Gasteiger partial charge on any atom is -0.497 e. The lowest BCUT2D eigenvalue weighted by molar-refractivity contribution is 0.0697. The quantitative estimate of drug-likeness (QED) is 0.798. The van der Waals surface area contributed by atoms with Crippen molar-refractivity contribution in [3.05, 3.63) is 66.5 Å². The highest BCUT2D eigenvalue weighted by Crippen LogP contribution is 2.23. The summed E-state index contributed by atoms with van der Waals surface area (Å²) in [6.07, 6.45) is 3.35. The van der Waals surface area contributed by atoms with Crippen molar-refractivity contribution in [1.29, 1.82) is 0 Å². The van der Waals surface area contributed by atoms with Gasteiger partial charge < -0.3 is 9.84 Å². The van der Waals surface area contributed by atoms with E-state index in [0.717, 1.165) is 22.6 Å². The number of aromatic carboxylic acids is 1. The number of rotatable bonds is 4. The van der Waals surface area contributed by atoms with E-state index in [4.69, 9.17) is 9.84 Å². The molecule has 1 aromatic heterocycles. The van der Waals surface area contributed by atoms with Crippen LogP contribution in [0.25, 0.3) is 22.5 Å². The van der Waals surface area contributed by atoms with Crippen LogP contribution in [0.4, 0.5) is 0 Å². The first-order valence-corrected chi connectivity index (χ1v) is 6.97. The first-order chi connectivity index (χ1) is 11.2. The van der Waals surface area contributed by atoms with Gasteiger partial charge in [-0.3, -0.25) is 4.98 Å². The Morgan fingerprint density at radius 1 is 0.913 bits per heavy atom. The van der Waals surface area contributed by atoms with Gasteiger partial charge >= 0.3 is 5.97 Å². The molecule has 5 nitrogen and oxygen atoms in total. The van der Waals surface area contributed by atoms with Crippen molar-refractivity contribution in [2.45, 2.75) is 0 Å². The van der Waals surface area contributed by atoms with Crippen molar-refractivity contribution >= 4 is 5.97 Å². The summed E-state index contributed by atoms with van der Waals surface area (Å²) in [5.74, 6) is -0.170. The van der Waals surface area contributed by atoms with Gasteiger partial charge in [0, 0.05) is 11.1 Å². The molecule has 0 amide bonds. The average molecular weight is 306 g/mol. The lowest BCUT2D eigenvalue weighted by Crippen LogP contribution is -1.96. The highest BCUT2D eigenvalue weighted by atomic mass is 16.5. The molecule has 23 heavy (non-hydrogen) atoms. The molecule has 1 heterocycles. The number of carboxylic acid groups (broad SMARTS) is 1. The predicted octanol–water partition coefficient (Wildman–Crippen LogP) is 3.52. The molecule has 0 unspecified atom stereocenters. The Morgan fingerprint density at radius 3 is 1.91 bits per heavy atom. The molecule has 0 aliphatic rings. The molecule has 0 saturated heterocycles.